The Kier molecular flexibility index (Phi) is 3.96. The smallest absolute Gasteiger partial charge is 0.127 e. The van der Waals surface area contributed by atoms with Gasteiger partial charge in [0.2, 0.25) is 0 Å². The van der Waals surface area contributed by atoms with E-state index in [1.165, 1.54) is 18.4 Å². The van der Waals surface area contributed by atoms with Crippen LogP contribution in [0.1, 0.15) is 49.8 Å². The summed E-state index contributed by atoms with van der Waals surface area (Å²) in [6.07, 6.45) is 5.50. The molecule has 0 spiro atoms. The maximum atomic E-state index is 6.16. The molecule has 3 rings (SSSR count). The van der Waals surface area contributed by atoms with Crippen molar-refractivity contribution in [3.63, 3.8) is 0 Å². The van der Waals surface area contributed by atoms with Gasteiger partial charge in [-0.15, -0.1) is 0 Å². The van der Waals surface area contributed by atoms with Gasteiger partial charge < -0.3 is 9.47 Å². The third kappa shape index (κ3) is 2.22. The molecule has 1 aromatic carbocycles. The minimum atomic E-state index is -0.190. The molecule has 0 radical (unpaired) electrons. The minimum absolute atomic E-state index is 0.00185. The van der Waals surface area contributed by atoms with Crippen LogP contribution in [0.3, 0.4) is 0 Å². The van der Waals surface area contributed by atoms with Crippen LogP contribution in [0, 0.1) is 0 Å². The third-order valence-electron chi connectivity index (χ3n) is 4.63. The summed E-state index contributed by atoms with van der Waals surface area (Å²) in [6, 6.07) is 6.36. The van der Waals surface area contributed by atoms with Crippen LogP contribution in [0.25, 0.3) is 0 Å². The van der Waals surface area contributed by atoms with Crippen molar-refractivity contribution >= 4 is 0 Å². The number of hydrogen-bond acceptors (Lipinski definition) is 4. The number of hydrazine groups is 1. The molecule has 0 bridgehead atoms. The Morgan fingerprint density at radius 3 is 2.90 bits per heavy atom. The van der Waals surface area contributed by atoms with Gasteiger partial charge in [0.25, 0.3) is 0 Å². The highest BCUT2D eigenvalue weighted by Gasteiger charge is 2.44. The van der Waals surface area contributed by atoms with E-state index < -0.39 is 0 Å². The number of nitrogens with one attached hydrogen (secondary N) is 1. The molecule has 1 aliphatic carbocycles. The molecule has 1 unspecified atom stereocenters. The molecule has 20 heavy (non-hydrogen) atoms. The molecule has 1 aromatic rings. The van der Waals surface area contributed by atoms with Crippen LogP contribution in [0.15, 0.2) is 18.2 Å². The van der Waals surface area contributed by atoms with Gasteiger partial charge in [-0.2, -0.15) is 0 Å². The average Bonchev–Trinajstić information content (AvgIpc) is 3.10. The van der Waals surface area contributed by atoms with Gasteiger partial charge in [0.15, 0.2) is 0 Å². The zero-order valence-corrected chi connectivity index (χ0v) is 12.2. The molecular formula is C16H24N2O2. The molecule has 4 heteroatoms. The molecule has 0 saturated heterocycles. The number of hydrogen-bond donors (Lipinski definition) is 2. The molecule has 4 nitrogen and oxygen atoms in total. The van der Waals surface area contributed by atoms with Crippen LogP contribution in [-0.2, 0) is 11.2 Å². The molecule has 110 valence electrons. The van der Waals surface area contributed by atoms with Crippen molar-refractivity contribution in [2.24, 2.45) is 5.84 Å². The summed E-state index contributed by atoms with van der Waals surface area (Å²) < 4.78 is 12.0. The highest BCUT2D eigenvalue weighted by Crippen LogP contribution is 2.46. The van der Waals surface area contributed by atoms with Gasteiger partial charge >= 0.3 is 0 Å². The third-order valence-corrected chi connectivity index (χ3v) is 4.63. The SMILES string of the molecule is CCOC1(C(NN)c2cccc3c2OCC3)CCCC1. The van der Waals surface area contributed by atoms with Gasteiger partial charge in [-0.05, 0) is 25.3 Å². The first kappa shape index (κ1) is 13.9. The van der Waals surface area contributed by atoms with Gasteiger partial charge in [0, 0.05) is 18.6 Å². The highest BCUT2D eigenvalue weighted by molar-refractivity contribution is 5.46. The first-order chi connectivity index (χ1) is 9.80. The Morgan fingerprint density at radius 2 is 2.20 bits per heavy atom. The van der Waals surface area contributed by atoms with Crippen LogP contribution >= 0.6 is 0 Å². The number of ether oxygens (including phenoxy) is 2. The lowest BCUT2D eigenvalue weighted by Crippen LogP contribution is -2.47. The average molecular weight is 276 g/mol. The minimum Gasteiger partial charge on any atom is -0.493 e. The lowest BCUT2D eigenvalue weighted by molar-refractivity contribution is -0.0631. The van der Waals surface area contributed by atoms with Crippen molar-refractivity contribution in [2.45, 2.75) is 50.7 Å². The Bertz CT molecular complexity index is 470. The van der Waals surface area contributed by atoms with Crippen molar-refractivity contribution < 1.29 is 9.47 Å². The van der Waals surface area contributed by atoms with Gasteiger partial charge in [-0.3, -0.25) is 5.84 Å². The van der Waals surface area contributed by atoms with Crippen LogP contribution < -0.4 is 16.0 Å². The van der Waals surface area contributed by atoms with Gasteiger partial charge in [0.05, 0.1) is 18.2 Å². The maximum absolute atomic E-state index is 6.16. The Labute approximate surface area is 120 Å². The van der Waals surface area contributed by atoms with Crippen molar-refractivity contribution in [1.82, 2.24) is 5.43 Å². The topological polar surface area (TPSA) is 56.5 Å². The first-order valence-electron chi connectivity index (χ1n) is 7.65. The van der Waals surface area contributed by atoms with Gasteiger partial charge in [-0.1, -0.05) is 31.0 Å². The standard InChI is InChI=1S/C16H24N2O2/c1-2-20-16(9-3-4-10-16)15(18-17)13-7-5-6-12-8-11-19-14(12)13/h5-7,15,18H,2-4,8-11,17H2,1H3. The largest absolute Gasteiger partial charge is 0.493 e. The van der Waals surface area contributed by atoms with E-state index in [0.717, 1.165) is 37.2 Å². The second-order valence-corrected chi connectivity index (χ2v) is 5.74. The van der Waals surface area contributed by atoms with E-state index in [9.17, 15) is 0 Å². The molecular weight excluding hydrogens is 252 g/mol. The predicted molar refractivity (Wildman–Crippen MR) is 78.5 cm³/mol. The van der Waals surface area contributed by atoms with Gasteiger partial charge in [0.1, 0.15) is 5.75 Å². The van der Waals surface area contributed by atoms with Crippen LogP contribution in [0.4, 0.5) is 0 Å². The Morgan fingerprint density at radius 1 is 1.40 bits per heavy atom. The predicted octanol–water partition coefficient (Wildman–Crippen LogP) is 2.48. The lowest BCUT2D eigenvalue weighted by atomic mass is 9.86. The van der Waals surface area contributed by atoms with E-state index in [2.05, 4.69) is 30.5 Å². The summed E-state index contributed by atoms with van der Waals surface area (Å²) in [4.78, 5) is 0. The summed E-state index contributed by atoms with van der Waals surface area (Å²) in [6.45, 7) is 3.54. The number of para-hydroxylation sites is 1. The summed E-state index contributed by atoms with van der Waals surface area (Å²) in [7, 11) is 0. The summed E-state index contributed by atoms with van der Waals surface area (Å²) in [5.41, 5.74) is 5.26. The fraction of sp³-hybridized carbons (Fsp3) is 0.625. The molecule has 1 saturated carbocycles. The molecule has 3 N–H and O–H groups in total. The van der Waals surface area contributed by atoms with Crippen molar-refractivity contribution in [2.75, 3.05) is 13.2 Å². The fourth-order valence-corrected chi connectivity index (χ4v) is 3.77. The number of benzene rings is 1. The summed E-state index contributed by atoms with van der Waals surface area (Å²) in [5, 5.41) is 0. The molecule has 0 aromatic heterocycles. The Balaban J connectivity index is 1.99. The molecule has 1 heterocycles. The number of fused-ring (bicyclic) bond motifs is 1. The van der Waals surface area contributed by atoms with E-state index in [1.807, 2.05) is 0 Å². The molecule has 0 amide bonds. The molecule has 2 aliphatic rings. The van der Waals surface area contributed by atoms with Crippen LogP contribution in [0.2, 0.25) is 0 Å². The second kappa shape index (κ2) is 5.72. The number of rotatable bonds is 5. The molecule has 1 aliphatic heterocycles. The van der Waals surface area contributed by atoms with E-state index in [1.54, 1.807) is 0 Å². The van der Waals surface area contributed by atoms with E-state index in [4.69, 9.17) is 15.3 Å². The molecule has 1 fully saturated rings. The van der Waals surface area contributed by atoms with E-state index in [0.29, 0.717) is 6.61 Å². The zero-order valence-electron chi connectivity index (χ0n) is 12.2. The monoisotopic (exact) mass is 276 g/mol. The Hall–Kier alpha value is -1.10. The van der Waals surface area contributed by atoms with Gasteiger partial charge in [-0.25, -0.2) is 5.43 Å². The molecule has 1 atom stereocenters. The normalized spacial score (nSPS) is 21.5. The first-order valence-corrected chi connectivity index (χ1v) is 7.65. The lowest BCUT2D eigenvalue weighted by Gasteiger charge is -2.37. The van der Waals surface area contributed by atoms with Crippen molar-refractivity contribution in [3.05, 3.63) is 29.3 Å². The zero-order chi connectivity index (χ0) is 14.0. The summed E-state index contributed by atoms with van der Waals surface area (Å²) >= 11 is 0. The van der Waals surface area contributed by atoms with Crippen molar-refractivity contribution in [3.8, 4) is 5.75 Å². The van der Waals surface area contributed by atoms with E-state index >= 15 is 0 Å². The van der Waals surface area contributed by atoms with Crippen molar-refractivity contribution in [1.29, 1.82) is 0 Å². The maximum Gasteiger partial charge on any atom is 0.127 e. The fourth-order valence-electron chi connectivity index (χ4n) is 3.77. The number of nitrogens with two attached hydrogens (primary N) is 1. The van der Waals surface area contributed by atoms with E-state index in [-0.39, 0.29) is 11.6 Å². The van der Waals surface area contributed by atoms with Crippen LogP contribution in [0.5, 0.6) is 5.75 Å². The quantitative estimate of drug-likeness (QED) is 0.641. The van der Waals surface area contributed by atoms with Crippen LogP contribution in [-0.4, -0.2) is 18.8 Å². The summed E-state index contributed by atoms with van der Waals surface area (Å²) in [5.74, 6) is 6.92. The highest BCUT2D eigenvalue weighted by atomic mass is 16.5. The second-order valence-electron chi connectivity index (χ2n) is 5.74.